The highest BCUT2D eigenvalue weighted by Crippen LogP contribution is 2.40. The number of aryl methyl sites for hydroxylation is 10. The number of benzene rings is 5. The summed E-state index contributed by atoms with van der Waals surface area (Å²) in [6, 6.07) is 17.5. The highest BCUT2D eigenvalue weighted by atomic mass is 15.4. The van der Waals surface area contributed by atoms with Gasteiger partial charge in [-0.05, 0) is 253 Å². The zero-order chi connectivity index (χ0) is 69.0. The van der Waals surface area contributed by atoms with Crippen LogP contribution < -0.4 is 24.5 Å². The highest BCUT2D eigenvalue weighted by molar-refractivity contribution is 5.69. The third-order valence-electron chi connectivity index (χ3n) is 19.9. The van der Waals surface area contributed by atoms with Crippen LogP contribution in [-0.2, 0) is 0 Å². The monoisotopic (exact) mass is 1230 g/mol. The molecule has 482 valence electrons. The molecule has 5 aliphatic rings. The van der Waals surface area contributed by atoms with Crippen molar-refractivity contribution in [3.05, 3.63) is 260 Å². The maximum Gasteiger partial charge on any atom is 0.243 e. The number of hydrogen-bond acceptors (Lipinski definition) is 10. The van der Waals surface area contributed by atoms with Gasteiger partial charge in [0.25, 0.3) is 0 Å². The summed E-state index contributed by atoms with van der Waals surface area (Å²) in [7, 11) is 9.84. The Morgan fingerprint density at radius 3 is 0.935 bits per heavy atom. The second-order valence-electron chi connectivity index (χ2n) is 25.6. The van der Waals surface area contributed by atoms with Crippen LogP contribution in [0.2, 0.25) is 0 Å². The van der Waals surface area contributed by atoms with Crippen LogP contribution in [0, 0.1) is 151 Å². The first-order valence-corrected chi connectivity index (χ1v) is 31.5. The SMILES string of the molecule is [C-]#[N+]C1=CN(c2c(C)cc(C)c(C)c2C)[C@@H](C)N1C.[C-]#[N+]C1=CN(c2c(C)cc(C)cc2C)[C@@H](C)N1C.[C-]#[N+]C1=CN(c2c(C)ccc(C)c2C)[C@@H](C)N1C.[C-]#[N+]C1=CN(c2cc(C)c(C)c(C)c2C)[C@@H](C)N1C.[C-]#[N+]C1=CN(c2cc(C)cc(C)c2C)[C@@H](C)N1C. The second kappa shape index (κ2) is 29.0. The number of nitrogens with zero attached hydrogens (tertiary/aromatic N) is 15. The molecule has 10 rings (SSSR count). The van der Waals surface area contributed by atoms with Gasteiger partial charge < -0.3 is 73.2 Å². The lowest BCUT2D eigenvalue weighted by atomic mass is 9.97. The fraction of sp³-hybridized carbons (Fsp3) is 0.416. The van der Waals surface area contributed by atoms with Crippen LogP contribution in [0.25, 0.3) is 24.2 Å². The van der Waals surface area contributed by atoms with Gasteiger partial charge in [0.15, 0.2) is 30.8 Å². The number of rotatable bonds is 5. The van der Waals surface area contributed by atoms with E-state index in [4.69, 9.17) is 32.9 Å². The van der Waals surface area contributed by atoms with E-state index in [2.05, 4.69) is 250 Å². The van der Waals surface area contributed by atoms with Crippen molar-refractivity contribution in [2.75, 3.05) is 59.7 Å². The molecule has 5 aromatic carbocycles. The first-order valence-electron chi connectivity index (χ1n) is 31.5. The molecule has 5 aromatic rings. The first-order chi connectivity index (χ1) is 43.1. The summed E-state index contributed by atoms with van der Waals surface area (Å²) in [5.74, 6) is 3.48. The van der Waals surface area contributed by atoms with E-state index in [1.807, 2.05) is 90.7 Å². The van der Waals surface area contributed by atoms with Crippen LogP contribution in [-0.4, -0.2) is 90.6 Å². The minimum atomic E-state index is 0.184. The molecule has 0 unspecified atom stereocenters. The fourth-order valence-corrected chi connectivity index (χ4v) is 12.7. The van der Waals surface area contributed by atoms with E-state index in [1.165, 1.54) is 123 Å². The van der Waals surface area contributed by atoms with Crippen molar-refractivity contribution in [1.82, 2.24) is 24.5 Å². The van der Waals surface area contributed by atoms with E-state index < -0.39 is 0 Å². The van der Waals surface area contributed by atoms with Crippen molar-refractivity contribution in [1.29, 1.82) is 0 Å². The average Bonchev–Trinajstić information content (AvgIpc) is 1.55. The molecule has 0 saturated heterocycles. The van der Waals surface area contributed by atoms with Crippen LogP contribution in [0.5, 0.6) is 0 Å². The quantitative estimate of drug-likeness (QED) is 0.159. The first kappa shape index (κ1) is 71.3. The van der Waals surface area contributed by atoms with E-state index in [0.717, 1.165) is 0 Å². The second-order valence-corrected chi connectivity index (χ2v) is 25.6. The minimum Gasteiger partial charge on any atom is -0.363 e. The Hall–Kier alpha value is -9.75. The third-order valence-corrected chi connectivity index (χ3v) is 19.9. The highest BCUT2D eigenvalue weighted by Gasteiger charge is 2.35. The van der Waals surface area contributed by atoms with Crippen LogP contribution in [0.3, 0.4) is 0 Å². The normalized spacial score (nSPS) is 18.8. The van der Waals surface area contributed by atoms with E-state index >= 15 is 0 Å². The molecule has 0 bridgehead atoms. The van der Waals surface area contributed by atoms with Gasteiger partial charge in [-0.25, -0.2) is 0 Å². The van der Waals surface area contributed by atoms with Gasteiger partial charge in [0.05, 0.1) is 35.2 Å². The summed E-state index contributed by atoms with van der Waals surface area (Å²) < 4.78 is 0. The van der Waals surface area contributed by atoms with Gasteiger partial charge in [-0.15, -0.1) is 0 Å². The van der Waals surface area contributed by atoms with Crippen LogP contribution in [0.4, 0.5) is 28.4 Å². The topological polar surface area (TPSA) is 54.2 Å². The Morgan fingerprint density at radius 1 is 0.261 bits per heavy atom. The van der Waals surface area contributed by atoms with Crippen molar-refractivity contribution in [3.63, 3.8) is 0 Å². The summed E-state index contributed by atoms with van der Waals surface area (Å²) in [6.07, 6.45) is 10.7. The van der Waals surface area contributed by atoms with Gasteiger partial charge in [-0.2, -0.15) is 0 Å². The maximum absolute atomic E-state index is 7.24. The predicted octanol–water partition coefficient (Wildman–Crippen LogP) is 17.8. The summed E-state index contributed by atoms with van der Waals surface area (Å²) in [6.45, 7) is 83.1. The van der Waals surface area contributed by atoms with Crippen molar-refractivity contribution in [2.24, 2.45) is 0 Å². The Morgan fingerprint density at radius 2 is 0.543 bits per heavy atom. The molecule has 15 nitrogen and oxygen atoms in total. The Bertz CT molecular complexity index is 4020. The van der Waals surface area contributed by atoms with Crippen molar-refractivity contribution >= 4 is 28.4 Å². The lowest BCUT2D eigenvalue weighted by Gasteiger charge is -2.29. The molecule has 92 heavy (non-hydrogen) atoms. The zero-order valence-electron chi connectivity index (χ0n) is 60.1. The summed E-state index contributed by atoms with van der Waals surface area (Å²) >= 11 is 0. The van der Waals surface area contributed by atoms with E-state index in [0.29, 0.717) is 29.1 Å². The molecule has 0 saturated carbocycles. The minimum absolute atomic E-state index is 0.184. The lowest BCUT2D eigenvalue weighted by Crippen LogP contribution is -2.35. The molecule has 5 aliphatic heterocycles. The maximum atomic E-state index is 7.24. The average molecular weight is 1230 g/mol. The molecular formula is C77H99N15. The van der Waals surface area contributed by atoms with Crippen molar-refractivity contribution in [2.45, 2.75) is 183 Å². The van der Waals surface area contributed by atoms with Crippen LogP contribution >= 0.6 is 0 Å². The standard InChI is InChI=1S/2C16H21N3.3C15H19N3/c1-10-8-15(13(4)12(3)11(10)2)19-9-16(17-6)18(7)14(19)5;1-10-8-11(2)16(13(4)12(10)3)19-9-15(17-6)18(7)14(19)5;1-10-7-11(2)12(3)14(8-10)18-9-15(16-5)17(6)13(18)4;1-10-7-11(2)15(12(3)8-10)18-9-14(16-5)17(6)13(18)4;1-10-7-8-11(2)15(12(10)3)18-9-14(16-5)17(6)13(18)4/h2*8-9,14H,1-5,7H3;3*7-9,13H,1-4,6H3/t2*14-;3*13-/m00000/s1. The summed E-state index contributed by atoms with van der Waals surface area (Å²) in [5.41, 5.74) is 28.1. The van der Waals surface area contributed by atoms with E-state index in [-0.39, 0.29) is 30.8 Å². The molecule has 0 amide bonds. The van der Waals surface area contributed by atoms with Gasteiger partial charge in [-0.3, -0.25) is 0 Å². The third kappa shape index (κ3) is 14.1. The van der Waals surface area contributed by atoms with E-state index in [9.17, 15) is 0 Å². The Balaban J connectivity index is 0.000000183. The van der Waals surface area contributed by atoms with Gasteiger partial charge in [0.1, 0.15) is 0 Å². The van der Waals surface area contributed by atoms with Gasteiger partial charge in [-0.1, -0.05) is 74.8 Å². The molecule has 5 heterocycles. The summed E-state index contributed by atoms with van der Waals surface area (Å²) in [5, 5.41) is 0. The molecule has 0 fully saturated rings. The lowest BCUT2D eigenvalue weighted by molar-refractivity contribution is 0.364. The van der Waals surface area contributed by atoms with Crippen molar-refractivity contribution in [3.8, 4) is 0 Å². The molecule has 0 radical (unpaired) electrons. The summed E-state index contributed by atoms with van der Waals surface area (Å²) in [4.78, 5) is 38.9. The zero-order valence-corrected chi connectivity index (χ0v) is 60.1. The molecule has 15 heteroatoms. The van der Waals surface area contributed by atoms with Gasteiger partial charge >= 0.3 is 0 Å². The van der Waals surface area contributed by atoms with Gasteiger partial charge in [0.2, 0.25) is 29.1 Å². The largest absolute Gasteiger partial charge is 0.363 e. The molecule has 0 N–H and O–H groups in total. The predicted molar refractivity (Wildman–Crippen MR) is 385 cm³/mol. The number of anilines is 5. The number of hydrogen-bond donors (Lipinski definition) is 0. The molecule has 0 aromatic heterocycles. The molecule has 0 aliphatic carbocycles. The van der Waals surface area contributed by atoms with Gasteiger partial charge in [0, 0.05) is 59.4 Å². The van der Waals surface area contributed by atoms with Crippen LogP contribution in [0.15, 0.2) is 109 Å². The van der Waals surface area contributed by atoms with Crippen molar-refractivity contribution < 1.29 is 0 Å². The van der Waals surface area contributed by atoms with E-state index in [1.54, 1.807) is 0 Å². The molecular weight excluding hydrogens is 1130 g/mol. The Kier molecular flexibility index (Phi) is 22.5. The smallest absolute Gasteiger partial charge is 0.243 e. The fourth-order valence-electron chi connectivity index (χ4n) is 12.7. The molecule has 5 atom stereocenters. The van der Waals surface area contributed by atoms with Crippen LogP contribution in [0.1, 0.15) is 129 Å². The molecule has 0 spiro atoms. The Labute approximate surface area is 553 Å².